The molecule has 1 heterocycles. The Bertz CT molecular complexity index is 517. The molecule has 0 aliphatic heterocycles. The second kappa shape index (κ2) is 5.47. The smallest absolute Gasteiger partial charge is 0.243 e. The summed E-state index contributed by atoms with van der Waals surface area (Å²) in [5, 5.41) is 7.63. The van der Waals surface area contributed by atoms with Gasteiger partial charge in [0, 0.05) is 5.75 Å². The number of nitrogens with two attached hydrogens (primary N) is 2. The molecule has 1 amide bonds. The molecule has 94 valence electrons. The molecule has 0 aliphatic rings. The fourth-order valence-electron chi connectivity index (χ4n) is 1.43. The number of rotatable bonds is 5. The molecule has 18 heavy (non-hydrogen) atoms. The lowest BCUT2D eigenvalue weighted by Crippen LogP contribution is -2.51. The molecule has 1 atom stereocenters. The zero-order valence-electron chi connectivity index (χ0n) is 9.45. The Kier molecular flexibility index (Phi) is 3.95. The predicted octanol–water partition coefficient (Wildman–Crippen LogP) is 0.970. The summed E-state index contributed by atoms with van der Waals surface area (Å²) in [6.07, 6.45) is 0. The first-order chi connectivity index (χ1) is 8.63. The van der Waals surface area contributed by atoms with E-state index in [0.29, 0.717) is 11.3 Å². The second-order valence-corrected chi connectivity index (χ2v) is 5.75. The second-order valence-electron chi connectivity index (χ2n) is 3.69. The monoisotopic (exact) mass is 280 g/mol. The molecule has 0 fully saturated rings. The molecule has 0 saturated carbocycles. The van der Waals surface area contributed by atoms with Gasteiger partial charge in [0.05, 0.1) is 0 Å². The van der Waals surface area contributed by atoms with Crippen LogP contribution in [-0.2, 0) is 10.3 Å². The minimum atomic E-state index is -1.20. The van der Waals surface area contributed by atoms with Gasteiger partial charge in [-0.25, -0.2) is 0 Å². The Labute approximate surface area is 113 Å². The van der Waals surface area contributed by atoms with Crippen LogP contribution in [0.15, 0.2) is 40.2 Å². The molecule has 2 rings (SSSR count). The number of amides is 1. The molecule has 4 N–H and O–H groups in total. The van der Waals surface area contributed by atoms with Gasteiger partial charge in [0.2, 0.25) is 5.91 Å². The van der Waals surface area contributed by atoms with Crippen LogP contribution in [-0.4, -0.2) is 21.9 Å². The number of aromatic nitrogens is 2. The van der Waals surface area contributed by atoms with Gasteiger partial charge in [0.25, 0.3) is 0 Å². The van der Waals surface area contributed by atoms with Gasteiger partial charge in [-0.2, -0.15) is 0 Å². The highest BCUT2D eigenvalue weighted by atomic mass is 32.2. The SMILES string of the molecule is NC(=O)C(N)(CSc1nncs1)c1ccccc1. The zero-order chi connectivity index (χ0) is 13.0. The number of hydrogen-bond donors (Lipinski definition) is 2. The molecule has 0 saturated heterocycles. The van der Waals surface area contributed by atoms with E-state index in [-0.39, 0.29) is 0 Å². The van der Waals surface area contributed by atoms with Crippen LogP contribution in [0.2, 0.25) is 0 Å². The number of primary amides is 1. The molecular formula is C11H12N4OS2. The molecule has 0 spiro atoms. The average molecular weight is 280 g/mol. The van der Waals surface area contributed by atoms with Crippen molar-refractivity contribution in [1.82, 2.24) is 10.2 Å². The van der Waals surface area contributed by atoms with Crippen LogP contribution < -0.4 is 11.5 Å². The average Bonchev–Trinajstić information content (AvgIpc) is 2.90. The first kappa shape index (κ1) is 13.0. The third-order valence-electron chi connectivity index (χ3n) is 2.49. The van der Waals surface area contributed by atoms with E-state index < -0.39 is 11.4 Å². The Balaban J connectivity index is 2.20. The van der Waals surface area contributed by atoms with Crippen LogP contribution in [0.3, 0.4) is 0 Å². The van der Waals surface area contributed by atoms with E-state index in [1.807, 2.05) is 18.2 Å². The van der Waals surface area contributed by atoms with Crippen molar-refractivity contribution >= 4 is 29.0 Å². The number of nitrogens with zero attached hydrogens (tertiary/aromatic N) is 2. The van der Waals surface area contributed by atoms with Crippen molar-refractivity contribution in [2.24, 2.45) is 11.5 Å². The molecule has 0 aliphatic carbocycles. The Hall–Kier alpha value is -1.44. The van der Waals surface area contributed by atoms with Crippen molar-refractivity contribution < 1.29 is 4.79 Å². The fraction of sp³-hybridized carbons (Fsp3) is 0.182. The number of thioether (sulfide) groups is 1. The predicted molar refractivity (Wildman–Crippen MR) is 72.1 cm³/mol. The maximum atomic E-state index is 11.6. The van der Waals surface area contributed by atoms with E-state index in [0.717, 1.165) is 4.34 Å². The van der Waals surface area contributed by atoms with Crippen molar-refractivity contribution in [2.45, 2.75) is 9.88 Å². The van der Waals surface area contributed by atoms with E-state index >= 15 is 0 Å². The van der Waals surface area contributed by atoms with Crippen LogP contribution >= 0.6 is 23.1 Å². The van der Waals surface area contributed by atoms with E-state index in [4.69, 9.17) is 11.5 Å². The number of hydrogen-bond acceptors (Lipinski definition) is 6. The third-order valence-corrected chi connectivity index (χ3v) is 4.55. The summed E-state index contributed by atoms with van der Waals surface area (Å²) in [6.45, 7) is 0. The van der Waals surface area contributed by atoms with Crippen LogP contribution in [0.5, 0.6) is 0 Å². The van der Waals surface area contributed by atoms with Crippen molar-refractivity contribution in [3.8, 4) is 0 Å². The topological polar surface area (TPSA) is 94.9 Å². The minimum absolute atomic E-state index is 0.335. The van der Waals surface area contributed by atoms with Crippen LogP contribution in [0.4, 0.5) is 0 Å². The number of carbonyl (C=O) groups excluding carboxylic acids is 1. The Morgan fingerprint density at radius 3 is 2.67 bits per heavy atom. The highest BCUT2D eigenvalue weighted by molar-refractivity contribution is 8.01. The summed E-state index contributed by atoms with van der Waals surface area (Å²) in [4.78, 5) is 11.6. The fourth-order valence-corrected chi connectivity index (χ4v) is 3.06. The van der Waals surface area contributed by atoms with Crippen LogP contribution in [0.25, 0.3) is 0 Å². The van der Waals surface area contributed by atoms with Gasteiger partial charge in [0.15, 0.2) is 4.34 Å². The highest BCUT2D eigenvalue weighted by Gasteiger charge is 2.34. The zero-order valence-corrected chi connectivity index (χ0v) is 11.1. The van der Waals surface area contributed by atoms with Crippen molar-refractivity contribution in [1.29, 1.82) is 0 Å². The summed E-state index contributed by atoms with van der Waals surface area (Å²) in [5.41, 5.74) is 12.7. The molecule has 1 aromatic heterocycles. The molecule has 5 nitrogen and oxygen atoms in total. The van der Waals surface area contributed by atoms with Gasteiger partial charge >= 0.3 is 0 Å². The largest absolute Gasteiger partial charge is 0.368 e. The van der Waals surface area contributed by atoms with Gasteiger partial charge in [-0.3, -0.25) is 4.79 Å². The van der Waals surface area contributed by atoms with E-state index in [1.165, 1.54) is 23.1 Å². The maximum Gasteiger partial charge on any atom is 0.243 e. The molecule has 0 bridgehead atoms. The van der Waals surface area contributed by atoms with Crippen LogP contribution in [0, 0.1) is 0 Å². The summed E-state index contributed by atoms with van der Waals surface area (Å²) in [6, 6.07) is 9.12. The van der Waals surface area contributed by atoms with E-state index in [9.17, 15) is 4.79 Å². The molecule has 1 unspecified atom stereocenters. The first-order valence-electron chi connectivity index (χ1n) is 5.16. The standard InChI is InChI=1S/C11H12N4OS2/c12-9(16)11(13,8-4-2-1-3-5-8)6-17-10-15-14-7-18-10/h1-5,7H,6,13H2,(H2,12,16). The lowest BCUT2D eigenvalue weighted by molar-refractivity contribution is -0.122. The quantitative estimate of drug-likeness (QED) is 0.796. The van der Waals surface area contributed by atoms with Gasteiger partial charge < -0.3 is 11.5 Å². The van der Waals surface area contributed by atoms with Crippen molar-refractivity contribution in [2.75, 3.05) is 5.75 Å². The maximum absolute atomic E-state index is 11.6. The first-order valence-corrected chi connectivity index (χ1v) is 7.03. The van der Waals surface area contributed by atoms with Gasteiger partial charge in [-0.05, 0) is 5.56 Å². The summed E-state index contributed by atoms with van der Waals surface area (Å²) in [7, 11) is 0. The molecular weight excluding hydrogens is 268 g/mol. The van der Waals surface area contributed by atoms with Gasteiger partial charge in [-0.1, -0.05) is 53.4 Å². The number of benzene rings is 1. The number of carbonyl (C=O) groups is 1. The van der Waals surface area contributed by atoms with E-state index in [1.54, 1.807) is 17.6 Å². The van der Waals surface area contributed by atoms with Crippen molar-refractivity contribution in [3.63, 3.8) is 0 Å². The lowest BCUT2D eigenvalue weighted by Gasteiger charge is -2.25. The van der Waals surface area contributed by atoms with Crippen LogP contribution in [0.1, 0.15) is 5.56 Å². The molecule has 7 heteroatoms. The molecule has 1 aromatic carbocycles. The van der Waals surface area contributed by atoms with E-state index in [2.05, 4.69) is 10.2 Å². The van der Waals surface area contributed by atoms with Gasteiger partial charge in [-0.15, -0.1) is 10.2 Å². The molecule has 2 aromatic rings. The molecule has 0 radical (unpaired) electrons. The minimum Gasteiger partial charge on any atom is -0.368 e. The highest BCUT2D eigenvalue weighted by Crippen LogP contribution is 2.28. The lowest BCUT2D eigenvalue weighted by atomic mass is 9.92. The van der Waals surface area contributed by atoms with Gasteiger partial charge in [0.1, 0.15) is 11.0 Å². The Morgan fingerprint density at radius 1 is 1.39 bits per heavy atom. The summed E-state index contributed by atoms with van der Waals surface area (Å²) < 4.78 is 0.766. The van der Waals surface area contributed by atoms with Crippen molar-refractivity contribution in [3.05, 3.63) is 41.4 Å². The third kappa shape index (κ3) is 2.69. The normalized spacial score (nSPS) is 14.1. The Morgan fingerprint density at radius 2 is 2.11 bits per heavy atom. The summed E-state index contributed by atoms with van der Waals surface area (Å²) >= 11 is 2.78. The summed E-state index contributed by atoms with van der Waals surface area (Å²) in [5.74, 6) is -0.215.